The van der Waals surface area contributed by atoms with E-state index in [9.17, 15) is 18.0 Å². The van der Waals surface area contributed by atoms with Crippen LogP contribution in [0.25, 0.3) is 0 Å². The maximum atomic E-state index is 12.6. The molecule has 2 aliphatic rings. The molecule has 1 aromatic heterocycles. The number of carbonyl (C=O) groups is 2. The molecule has 0 saturated carbocycles. The Morgan fingerprint density at radius 2 is 1.84 bits per heavy atom. The summed E-state index contributed by atoms with van der Waals surface area (Å²) in [6.45, 7) is 3.96. The number of hydrogen-bond donors (Lipinski definition) is 1. The summed E-state index contributed by atoms with van der Waals surface area (Å²) in [6.07, 6.45) is 0.802. The average molecular weight is 452 g/mol. The fourth-order valence-corrected chi connectivity index (χ4v) is 3.66. The number of carboxylic acids is 1. The van der Waals surface area contributed by atoms with Crippen LogP contribution in [0.15, 0.2) is 48.9 Å². The summed E-state index contributed by atoms with van der Waals surface area (Å²) in [7, 11) is 0. The van der Waals surface area contributed by atoms with E-state index in [1.54, 1.807) is 12.4 Å². The van der Waals surface area contributed by atoms with E-state index in [2.05, 4.69) is 27.0 Å². The van der Waals surface area contributed by atoms with Crippen molar-refractivity contribution in [3.8, 4) is 0 Å². The minimum absolute atomic E-state index is 0.0265. The molecule has 0 unspecified atom stereocenters. The molecule has 1 aromatic carbocycles. The second kappa shape index (κ2) is 10.5. The van der Waals surface area contributed by atoms with Crippen LogP contribution >= 0.6 is 0 Å². The van der Waals surface area contributed by atoms with Gasteiger partial charge in [0.2, 0.25) is 0 Å². The number of ether oxygens (including phenoxy) is 1. The minimum Gasteiger partial charge on any atom is -0.475 e. The highest BCUT2D eigenvalue weighted by Gasteiger charge is 2.39. The van der Waals surface area contributed by atoms with Crippen LogP contribution in [0.4, 0.5) is 13.2 Å². The summed E-state index contributed by atoms with van der Waals surface area (Å²) in [5, 5.41) is 7.12. The summed E-state index contributed by atoms with van der Waals surface area (Å²) in [4.78, 5) is 33.9. The van der Waals surface area contributed by atoms with Crippen molar-refractivity contribution in [3.05, 3.63) is 60.2 Å². The number of halogens is 3. The SMILES string of the molecule is O=C(O)C(F)(F)F.O=C(c1cnccn1)N1CCN2C[C@H](OCc3ccccc3)C[C@H]2C1. The van der Waals surface area contributed by atoms with Crippen molar-refractivity contribution in [1.29, 1.82) is 0 Å². The first kappa shape index (κ1) is 23.6. The van der Waals surface area contributed by atoms with Gasteiger partial charge in [-0.05, 0) is 12.0 Å². The summed E-state index contributed by atoms with van der Waals surface area (Å²) < 4.78 is 37.8. The highest BCUT2D eigenvalue weighted by Crippen LogP contribution is 2.25. The molecule has 2 aliphatic heterocycles. The number of carbonyl (C=O) groups excluding carboxylic acids is 1. The largest absolute Gasteiger partial charge is 0.490 e. The molecule has 172 valence electrons. The Bertz CT molecular complexity index is 899. The van der Waals surface area contributed by atoms with Crippen LogP contribution in [0.3, 0.4) is 0 Å². The molecule has 2 aromatic rings. The molecule has 1 amide bonds. The Morgan fingerprint density at radius 3 is 2.47 bits per heavy atom. The maximum Gasteiger partial charge on any atom is 0.490 e. The van der Waals surface area contributed by atoms with Crippen molar-refractivity contribution in [2.24, 2.45) is 0 Å². The van der Waals surface area contributed by atoms with Gasteiger partial charge in [-0.3, -0.25) is 14.7 Å². The van der Waals surface area contributed by atoms with Crippen LogP contribution in [0.5, 0.6) is 0 Å². The van der Waals surface area contributed by atoms with Gasteiger partial charge in [0.15, 0.2) is 0 Å². The highest BCUT2D eigenvalue weighted by molar-refractivity contribution is 5.92. The molecule has 8 nitrogen and oxygen atoms in total. The zero-order chi connectivity index (χ0) is 23.1. The standard InChI is InChI=1S/C19H22N4O2.C2HF3O2/c24-19(18-11-20-6-7-21-18)23-9-8-22-13-17(10-16(22)12-23)25-14-15-4-2-1-3-5-15;3-2(4,5)1(6)7/h1-7,11,16-17H,8-10,12-14H2;(H,6,7)/t16-,17+;/m0./s1. The highest BCUT2D eigenvalue weighted by atomic mass is 19.4. The zero-order valence-corrected chi connectivity index (χ0v) is 17.1. The number of piperazine rings is 1. The van der Waals surface area contributed by atoms with Crippen LogP contribution in [-0.4, -0.2) is 81.3 Å². The second-order valence-corrected chi connectivity index (χ2v) is 7.45. The summed E-state index contributed by atoms with van der Waals surface area (Å²) in [5.74, 6) is -2.78. The smallest absolute Gasteiger partial charge is 0.475 e. The fourth-order valence-electron chi connectivity index (χ4n) is 3.66. The third-order valence-corrected chi connectivity index (χ3v) is 5.22. The number of amides is 1. The van der Waals surface area contributed by atoms with Gasteiger partial charge in [0, 0.05) is 44.6 Å². The molecule has 1 N–H and O–H groups in total. The molecule has 32 heavy (non-hydrogen) atoms. The van der Waals surface area contributed by atoms with E-state index in [0.717, 1.165) is 32.6 Å². The lowest BCUT2D eigenvalue weighted by atomic mass is 10.1. The lowest BCUT2D eigenvalue weighted by Gasteiger charge is -2.37. The van der Waals surface area contributed by atoms with Gasteiger partial charge < -0.3 is 14.7 Å². The van der Waals surface area contributed by atoms with Gasteiger partial charge >= 0.3 is 12.1 Å². The molecule has 2 saturated heterocycles. The monoisotopic (exact) mass is 452 g/mol. The van der Waals surface area contributed by atoms with E-state index in [1.165, 1.54) is 11.8 Å². The molecule has 0 radical (unpaired) electrons. The first-order valence-corrected chi connectivity index (χ1v) is 9.99. The number of nitrogens with zero attached hydrogens (tertiary/aromatic N) is 4. The number of alkyl halides is 3. The lowest BCUT2D eigenvalue weighted by Crippen LogP contribution is -2.52. The fraction of sp³-hybridized carbons (Fsp3) is 0.429. The zero-order valence-electron chi connectivity index (χ0n) is 17.1. The predicted octanol–water partition coefficient (Wildman–Crippen LogP) is 2.23. The molecule has 0 spiro atoms. The minimum atomic E-state index is -5.08. The normalized spacial score (nSPS) is 20.8. The Morgan fingerprint density at radius 1 is 1.12 bits per heavy atom. The molecule has 11 heteroatoms. The van der Waals surface area contributed by atoms with Gasteiger partial charge in [-0.2, -0.15) is 13.2 Å². The van der Waals surface area contributed by atoms with Crippen molar-refractivity contribution < 1.29 is 32.6 Å². The van der Waals surface area contributed by atoms with Crippen LogP contribution in [0, 0.1) is 0 Å². The van der Waals surface area contributed by atoms with E-state index in [4.69, 9.17) is 14.6 Å². The van der Waals surface area contributed by atoms with E-state index >= 15 is 0 Å². The van der Waals surface area contributed by atoms with Gasteiger partial charge in [-0.1, -0.05) is 30.3 Å². The van der Waals surface area contributed by atoms with Gasteiger partial charge in [-0.15, -0.1) is 0 Å². The first-order chi connectivity index (χ1) is 15.2. The van der Waals surface area contributed by atoms with Gasteiger partial charge in [0.25, 0.3) is 5.91 Å². The number of fused-ring (bicyclic) bond motifs is 1. The number of aromatic nitrogens is 2. The molecule has 0 bridgehead atoms. The summed E-state index contributed by atoms with van der Waals surface area (Å²) >= 11 is 0. The number of benzene rings is 1. The molecule has 2 fully saturated rings. The van der Waals surface area contributed by atoms with Crippen molar-refractivity contribution in [2.75, 3.05) is 26.2 Å². The topological polar surface area (TPSA) is 95.9 Å². The van der Waals surface area contributed by atoms with Crippen LogP contribution in [-0.2, 0) is 16.1 Å². The van der Waals surface area contributed by atoms with Crippen molar-refractivity contribution in [1.82, 2.24) is 19.8 Å². The maximum absolute atomic E-state index is 12.6. The number of carboxylic acid groups (broad SMARTS) is 1. The van der Waals surface area contributed by atoms with Crippen LogP contribution in [0.1, 0.15) is 22.5 Å². The summed E-state index contributed by atoms with van der Waals surface area (Å²) in [5.41, 5.74) is 1.62. The third kappa shape index (κ3) is 6.47. The number of hydrogen-bond acceptors (Lipinski definition) is 6. The molecule has 3 heterocycles. The predicted molar refractivity (Wildman–Crippen MR) is 107 cm³/mol. The Kier molecular flexibility index (Phi) is 7.75. The van der Waals surface area contributed by atoms with Gasteiger partial charge in [0.1, 0.15) is 5.69 Å². The van der Waals surface area contributed by atoms with E-state index in [0.29, 0.717) is 18.3 Å². The van der Waals surface area contributed by atoms with E-state index in [1.807, 2.05) is 23.1 Å². The molecular weight excluding hydrogens is 429 g/mol. The molecule has 2 atom stereocenters. The van der Waals surface area contributed by atoms with Crippen molar-refractivity contribution in [2.45, 2.75) is 31.3 Å². The van der Waals surface area contributed by atoms with Crippen LogP contribution in [0.2, 0.25) is 0 Å². The van der Waals surface area contributed by atoms with E-state index < -0.39 is 12.1 Å². The third-order valence-electron chi connectivity index (χ3n) is 5.22. The number of aliphatic carboxylic acids is 1. The Labute approximate surface area is 182 Å². The average Bonchev–Trinajstić information content (AvgIpc) is 3.20. The Balaban J connectivity index is 0.000000360. The van der Waals surface area contributed by atoms with Gasteiger partial charge in [-0.25, -0.2) is 9.78 Å². The second-order valence-electron chi connectivity index (χ2n) is 7.45. The van der Waals surface area contributed by atoms with Crippen molar-refractivity contribution >= 4 is 11.9 Å². The summed E-state index contributed by atoms with van der Waals surface area (Å²) in [6, 6.07) is 10.6. The van der Waals surface area contributed by atoms with E-state index in [-0.39, 0.29) is 12.0 Å². The Hall–Kier alpha value is -3.05. The quantitative estimate of drug-likeness (QED) is 0.760. The van der Waals surface area contributed by atoms with Gasteiger partial charge in [0.05, 0.1) is 18.9 Å². The molecular formula is C21H23F3N4O4. The van der Waals surface area contributed by atoms with Crippen molar-refractivity contribution in [3.63, 3.8) is 0 Å². The number of rotatable bonds is 4. The molecule has 4 rings (SSSR count). The first-order valence-electron chi connectivity index (χ1n) is 9.99. The van der Waals surface area contributed by atoms with Crippen LogP contribution < -0.4 is 0 Å². The lowest BCUT2D eigenvalue weighted by molar-refractivity contribution is -0.192. The molecule has 0 aliphatic carbocycles.